The van der Waals surface area contributed by atoms with Gasteiger partial charge in [-0.1, -0.05) is 0 Å². The molecule has 7 heteroatoms. The molecule has 1 atom stereocenters. The van der Waals surface area contributed by atoms with Gasteiger partial charge in [-0.05, 0) is 30.5 Å². The molecule has 1 heterocycles. The van der Waals surface area contributed by atoms with Gasteiger partial charge in [-0.3, -0.25) is 0 Å². The maximum absolute atomic E-state index is 13.5. The zero-order valence-electron chi connectivity index (χ0n) is 9.51. The Hall–Kier alpha value is -1.05. The molecule has 0 bridgehead atoms. The van der Waals surface area contributed by atoms with Crippen LogP contribution in [-0.4, -0.2) is 37.5 Å². The van der Waals surface area contributed by atoms with Crippen molar-refractivity contribution in [3.63, 3.8) is 0 Å². The molecule has 0 spiro atoms. The fourth-order valence-electron chi connectivity index (χ4n) is 1.98. The van der Waals surface area contributed by atoms with Crippen LogP contribution in [0.4, 0.5) is 8.78 Å². The van der Waals surface area contributed by atoms with Crippen molar-refractivity contribution in [1.82, 2.24) is 4.31 Å². The van der Waals surface area contributed by atoms with E-state index in [4.69, 9.17) is 5.11 Å². The van der Waals surface area contributed by atoms with Gasteiger partial charge in [0.15, 0.2) is 0 Å². The lowest BCUT2D eigenvalue weighted by Crippen LogP contribution is -2.30. The molecule has 4 nitrogen and oxygen atoms in total. The molecule has 1 saturated heterocycles. The van der Waals surface area contributed by atoms with Gasteiger partial charge in [0.05, 0.1) is 0 Å². The maximum Gasteiger partial charge on any atom is 0.246 e. The van der Waals surface area contributed by atoms with Gasteiger partial charge in [0, 0.05) is 19.7 Å². The van der Waals surface area contributed by atoms with Crippen molar-refractivity contribution >= 4 is 10.0 Å². The molecule has 0 aliphatic carbocycles. The molecule has 0 amide bonds. The first-order chi connectivity index (χ1) is 8.45. The Kier molecular flexibility index (Phi) is 3.65. The van der Waals surface area contributed by atoms with Crippen LogP contribution in [0.25, 0.3) is 0 Å². The van der Waals surface area contributed by atoms with Crippen LogP contribution in [0, 0.1) is 17.6 Å². The molecule has 2 rings (SSSR count). The van der Waals surface area contributed by atoms with Gasteiger partial charge in [-0.2, -0.15) is 4.31 Å². The van der Waals surface area contributed by atoms with E-state index in [0.29, 0.717) is 12.5 Å². The van der Waals surface area contributed by atoms with Gasteiger partial charge < -0.3 is 5.11 Å². The molecule has 1 N–H and O–H groups in total. The Morgan fingerprint density at radius 1 is 1.39 bits per heavy atom. The van der Waals surface area contributed by atoms with E-state index < -0.39 is 26.6 Å². The molecule has 1 aromatic carbocycles. The summed E-state index contributed by atoms with van der Waals surface area (Å²) in [6, 6.07) is 2.34. The number of benzene rings is 1. The Balaban J connectivity index is 2.34. The molecule has 1 aliphatic rings. The van der Waals surface area contributed by atoms with E-state index in [1.54, 1.807) is 0 Å². The molecule has 0 saturated carbocycles. The summed E-state index contributed by atoms with van der Waals surface area (Å²) in [4.78, 5) is -0.652. The summed E-state index contributed by atoms with van der Waals surface area (Å²) in [7, 11) is -4.03. The van der Waals surface area contributed by atoms with Gasteiger partial charge in [0.2, 0.25) is 10.0 Å². The lowest BCUT2D eigenvalue weighted by molar-refractivity contribution is 0.233. The van der Waals surface area contributed by atoms with E-state index in [9.17, 15) is 17.2 Å². The first kappa shape index (κ1) is 13.4. The zero-order chi connectivity index (χ0) is 13.3. The number of halogens is 2. The number of aliphatic hydroxyl groups excluding tert-OH is 1. The topological polar surface area (TPSA) is 57.6 Å². The van der Waals surface area contributed by atoms with Gasteiger partial charge in [-0.25, -0.2) is 17.2 Å². The first-order valence-electron chi connectivity index (χ1n) is 5.51. The summed E-state index contributed by atoms with van der Waals surface area (Å²) in [5.74, 6) is -1.91. The minimum Gasteiger partial charge on any atom is -0.396 e. The molecule has 0 aromatic heterocycles. The minimum atomic E-state index is -4.03. The third-order valence-corrected chi connectivity index (χ3v) is 4.90. The highest BCUT2D eigenvalue weighted by Crippen LogP contribution is 2.26. The van der Waals surface area contributed by atoms with Crippen molar-refractivity contribution in [2.75, 3.05) is 19.7 Å². The summed E-state index contributed by atoms with van der Waals surface area (Å²) >= 11 is 0. The Labute approximate surface area is 104 Å². The third-order valence-electron chi connectivity index (χ3n) is 3.02. The van der Waals surface area contributed by atoms with Crippen molar-refractivity contribution in [2.45, 2.75) is 11.3 Å². The molecule has 1 aromatic rings. The SMILES string of the molecule is O=S(=O)(c1cc(F)ccc1F)N1CCC(CO)C1. The molecule has 0 radical (unpaired) electrons. The zero-order valence-corrected chi connectivity index (χ0v) is 10.3. The second-order valence-corrected chi connectivity index (χ2v) is 6.18. The van der Waals surface area contributed by atoms with Gasteiger partial charge in [0.1, 0.15) is 16.5 Å². The van der Waals surface area contributed by atoms with Crippen molar-refractivity contribution in [3.05, 3.63) is 29.8 Å². The summed E-state index contributed by atoms with van der Waals surface area (Å²) in [5, 5.41) is 8.96. The van der Waals surface area contributed by atoms with Crippen LogP contribution < -0.4 is 0 Å². The monoisotopic (exact) mass is 277 g/mol. The average Bonchev–Trinajstić information content (AvgIpc) is 2.81. The fraction of sp³-hybridized carbons (Fsp3) is 0.455. The van der Waals surface area contributed by atoms with Gasteiger partial charge in [-0.15, -0.1) is 0 Å². The largest absolute Gasteiger partial charge is 0.396 e. The highest BCUT2D eigenvalue weighted by molar-refractivity contribution is 7.89. The second kappa shape index (κ2) is 4.91. The number of nitrogens with zero attached hydrogens (tertiary/aromatic N) is 1. The molecule has 1 aliphatic heterocycles. The van der Waals surface area contributed by atoms with E-state index in [0.717, 1.165) is 16.4 Å². The standard InChI is InChI=1S/C11H13F2NO3S/c12-9-1-2-10(13)11(5-9)18(16,17)14-4-3-8(6-14)7-15/h1-2,5,8,15H,3-4,6-7H2. The highest BCUT2D eigenvalue weighted by atomic mass is 32.2. The lowest BCUT2D eigenvalue weighted by atomic mass is 10.1. The summed E-state index contributed by atoms with van der Waals surface area (Å²) < 4.78 is 51.8. The van der Waals surface area contributed by atoms with Crippen LogP contribution in [0.15, 0.2) is 23.1 Å². The van der Waals surface area contributed by atoms with Crippen molar-refractivity contribution in [3.8, 4) is 0 Å². The van der Waals surface area contributed by atoms with E-state index in [2.05, 4.69) is 0 Å². The smallest absolute Gasteiger partial charge is 0.246 e. The number of hydrogen-bond acceptors (Lipinski definition) is 3. The van der Waals surface area contributed by atoms with Crippen LogP contribution in [0.1, 0.15) is 6.42 Å². The first-order valence-corrected chi connectivity index (χ1v) is 6.95. The van der Waals surface area contributed by atoms with E-state index in [1.807, 2.05) is 0 Å². The predicted octanol–water partition coefficient (Wildman–Crippen LogP) is 0.968. The normalized spacial score (nSPS) is 21.4. The Bertz CT molecular complexity index is 547. The number of aliphatic hydroxyl groups is 1. The van der Waals surface area contributed by atoms with Gasteiger partial charge >= 0.3 is 0 Å². The van der Waals surface area contributed by atoms with Crippen LogP contribution in [-0.2, 0) is 10.0 Å². The Morgan fingerprint density at radius 3 is 2.72 bits per heavy atom. The van der Waals surface area contributed by atoms with E-state index in [1.165, 1.54) is 0 Å². The molecule has 100 valence electrons. The van der Waals surface area contributed by atoms with Crippen molar-refractivity contribution in [1.29, 1.82) is 0 Å². The number of rotatable bonds is 3. The molecule has 18 heavy (non-hydrogen) atoms. The van der Waals surface area contributed by atoms with Gasteiger partial charge in [0.25, 0.3) is 0 Å². The summed E-state index contributed by atoms with van der Waals surface area (Å²) in [6.07, 6.45) is 0.521. The molecule has 1 unspecified atom stereocenters. The average molecular weight is 277 g/mol. The summed E-state index contributed by atoms with van der Waals surface area (Å²) in [5.41, 5.74) is 0. The molecule has 1 fully saturated rings. The summed E-state index contributed by atoms with van der Waals surface area (Å²) in [6.45, 7) is 0.232. The lowest BCUT2D eigenvalue weighted by Gasteiger charge is -2.16. The van der Waals surface area contributed by atoms with Crippen LogP contribution in [0.2, 0.25) is 0 Å². The third kappa shape index (κ3) is 2.38. The van der Waals surface area contributed by atoms with E-state index in [-0.39, 0.29) is 25.6 Å². The minimum absolute atomic E-state index is 0.113. The Morgan fingerprint density at radius 2 is 2.11 bits per heavy atom. The van der Waals surface area contributed by atoms with E-state index >= 15 is 0 Å². The number of sulfonamides is 1. The van der Waals surface area contributed by atoms with Crippen LogP contribution in [0.3, 0.4) is 0 Å². The predicted molar refractivity (Wildman–Crippen MR) is 60.3 cm³/mol. The maximum atomic E-state index is 13.5. The van der Waals surface area contributed by atoms with Crippen molar-refractivity contribution in [2.24, 2.45) is 5.92 Å². The molecular formula is C11H13F2NO3S. The fourth-order valence-corrected chi connectivity index (χ4v) is 3.59. The highest BCUT2D eigenvalue weighted by Gasteiger charge is 2.34. The quantitative estimate of drug-likeness (QED) is 0.895. The van der Waals surface area contributed by atoms with Crippen LogP contribution in [0.5, 0.6) is 0 Å². The van der Waals surface area contributed by atoms with Crippen molar-refractivity contribution < 1.29 is 22.3 Å². The second-order valence-electron chi connectivity index (χ2n) is 4.28. The molecular weight excluding hydrogens is 264 g/mol. The van der Waals surface area contributed by atoms with Crippen LogP contribution >= 0.6 is 0 Å². The number of hydrogen-bond donors (Lipinski definition) is 1.